The molecule has 2 N–H and O–H groups in total. The van der Waals surface area contributed by atoms with Crippen LogP contribution < -0.4 is 15.2 Å². The molecule has 0 unspecified atom stereocenters. The minimum Gasteiger partial charge on any atom is -0.497 e. The fraction of sp³-hybridized carbons (Fsp3) is 0.250. The Bertz CT molecular complexity index is 608. The molecule has 0 saturated heterocycles. The average Bonchev–Trinajstić information content (AvgIpc) is 2.88. The number of anilines is 1. The van der Waals surface area contributed by atoms with Crippen LogP contribution in [0.3, 0.4) is 0 Å². The van der Waals surface area contributed by atoms with Gasteiger partial charge in [-0.3, -0.25) is 0 Å². The molecule has 0 aliphatic heterocycles. The van der Waals surface area contributed by atoms with Gasteiger partial charge < -0.3 is 15.2 Å². The number of fused-ring (bicyclic) bond motifs is 1. The maximum atomic E-state index is 5.95. The number of rotatable bonds is 3. The summed E-state index contributed by atoms with van der Waals surface area (Å²) >= 11 is 0. The molecule has 0 heterocycles. The van der Waals surface area contributed by atoms with Gasteiger partial charge in [0.05, 0.1) is 12.8 Å². The molecule has 3 heteroatoms. The van der Waals surface area contributed by atoms with E-state index in [4.69, 9.17) is 15.2 Å². The van der Waals surface area contributed by atoms with Gasteiger partial charge in [-0.25, -0.2) is 0 Å². The molecular formula is C16H17NO2. The molecule has 1 aliphatic carbocycles. The zero-order valence-electron chi connectivity index (χ0n) is 11.0. The minimum absolute atomic E-state index is 0.583. The van der Waals surface area contributed by atoms with Gasteiger partial charge in [0.1, 0.15) is 11.5 Å². The van der Waals surface area contributed by atoms with E-state index in [9.17, 15) is 0 Å². The lowest BCUT2D eigenvalue weighted by Crippen LogP contribution is -1.94. The van der Waals surface area contributed by atoms with E-state index in [1.54, 1.807) is 13.2 Å². The SMILES string of the molecule is COc1ccc(Oc2ccc3c(c2)CCC3)c(N)c1. The predicted octanol–water partition coefficient (Wildman–Crippen LogP) is 3.56. The number of nitrogen functional groups attached to an aromatic ring is 1. The molecule has 0 atom stereocenters. The number of methoxy groups -OCH3 is 1. The molecular weight excluding hydrogens is 238 g/mol. The van der Waals surface area contributed by atoms with Crippen molar-refractivity contribution in [2.24, 2.45) is 0 Å². The molecule has 2 aromatic rings. The fourth-order valence-corrected chi connectivity index (χ4v) is 2.49. The van der Waals surface area contributed by atoms with Crippen molar-refractivity contribution in [3.63, 3.8) is 0 Å². The first-order valence-electron chi connectivity index (χ1n) is 6.49. The Morgan fingerprint density at radius 2 is 1.74 bits per heavy atom. The number of hydrogen-bond acceptors (Lipinski definition) is 3. The Balaban J connectivity index is 1.85. The summed E-state index contributed by atoms with van der Waals surface area (Å²) in [4.78, 5) is 0. The van der Waals surface area contributed by atoms with Gasteiger partial charge in [0, 0.05) is 6.07 Å². The Morgan fingerprint density at radius 1 is 0.947 bits per heavy atom. The molecule has 0 bridgehead atoms. The first-order chi connectivity index (χ1) is 9.26. The van der Waals surface area contributed by atoms with Gasteiger partial charge in [-0.05, 0) is 54.7 Å². The molecule has 19 heavy (non-hydrogen) atoms. The highest BCUT2D eigenvalue weighted by Crippen LogP contribution is 2.33. The summed E-state index contributed by atoms with van der Waals surface area (Å²) in [6.45, 7) is 0. The summed E-state index contributed by atoms with van der Waals surface area (Å²) in [5, 5.41) is 0. The molecule has 0 aromatic heterocycles. The second-order valence-electron chi connectivity index (χ2n) is 4.79. The van der Waals surface area contributed by atoms with Crippen molar-refractivity contribution < 1.29 is 9.47 Å². The van der Waals surface area contributed by atoms with Crippen molar-refractivity contribution in [1.82, 2.24) is 0 Å². The monoisotopic (exact) mass is 255 g/mol. The normalized spacial score (nSPS) is 13.1. The van der Waals surface area contributed by atoms with Gasteiger partial charge in [0.15, 0.2) is 5.75 Å². The number of aryl methyl sites for hydroxylation is 2. The lowest BCUT2D eigenvalue weighted by molar-refractivity contribution is 0.413. The van der Waals surface area contributed by atoms with E-state index < -0.39 is 0 Å². The summed E-state index contributed by atoms with van der Waals surface area (Å²) in [6, 6.07) is 11.7. The largest absolute Gasteiger partial charge is 0.497 e. The lowest BCUT2D eigenvalue weighted by atomic mass is 10.1. The number of hydrogen-bond donors (Lipinski definition) is 1. The Kier molecular flexibility index (Phi) is 3.03. The highest BCUT2D eigenvalue weighted by molar-refractivity contribution is 5.57. The van der Waals surface area contributed by atoms with Gasteiger partial charge >= 0.3 is 0 Å². The van der Waals surface area contributed by atoms with Crippen molar-refractivity contribution in [3.8, 4) is 17.2 Å². The zero-order chi connectivity index (χ0) is 13.2. The van der Waals surface area contributed by atoms with Crippen LogP contribution in [-0.2, 0) is 12.8 Å². The molecule has 3 rings (SSSR count). The van der Waals surface area contributed by atoms with Crippen LogP contribution in [0, 0.1) is 0 Å². The number of benzene rings is 2. The third kappa shape index (κ3) is 2.36. The van der Waals surface area contributed by atoms with E-state index in [0.717, 1.165) is 17.9 Å². The van der Waals surface area contributed by atoms with Gasteiger partial charge in [0.2, 0.25) is 0 Å². The molecule has 3 nitrogen and oxygen atoms in total. The van der Waals surface area contributed by atoms with Crippen molar-refractivity contribution >= 4 is 5.69 Å². The van der Waals surface area contributed by atoms with Crippen molar-refractivity contribution in [1.29, 1.82) is 0 Å². The highest BCUT2D eigenvalue weighted by atomic mass is 16.5. The van der Waals surface area contributed by atoms with E-state index in [0.29, 0.717) is 11.4 Å². The van der Waals surface area contributed by atoms with Crippen molar-refractivity contribution in [2.45, 2.75) is 19.3 Å². The first-order valence-corrected chi connectivity index (χ1v) is 6.49. The van der Waals surface area contributed by atoms with Crippen molar-refractivity contribution in [2.75, 3.05) is 12.8 Å². The Hall–Kier alpha value is -2.16. The van der Waals surface area contributed by atoms with E-state index in [-0.39, 0.29) is 0 Å². The zero-order valence-corrected chi connectivity index (χ0v) is 11.0. The van der Waals surface area contributed by atoms with Crippen LogP contribution in [0.25, 0.3) is 0 Å². The van der Waals surface area contributed by atoms with Crippen LogP contribution in [0.5, 0.6) is 17.2 Å². The van der Waals surface area contributed by atoms with Crippen molar-refractivity contribution in [3.05, 3.63) is 47.5 Å². The summed E-state index contributed by atoms with van der Waals surface area (Å²) in [6.07, 6.45) is 3.56. The van der Waals surface area contributed by atoms with Crippen LogP contribution in [0.1, 0.15) is 17.5 Å². The topological polar surface area (TPSA) is 44.5 Å². The maximum absolute atomic E-state index is 5.95. The molecule has 0 radical (unpaired) electrons. The summed E-state index contributed by atoms with van der Waals surface area (Å²) < 4.78 is 11.0. The van der Waals surface area contributed by atoms with Crippen LogP contribution >= 0.6 is 0 Å². The van der Waals surface area contributed by atoms with Crippen LogP contribution in [0.2, 0.25) is 0 Å². The molecule has 98 valence electrons. The van der Waals surface area contributed by atoms with Gasteiger partial charge in [-0.15, -0.1) is 0 Å². The summed E-state index contributed by atoms with van der Waals surface area (Å²) in [5.74, 6) is 2.25. The maximum Gasteiger partial charge on any atom is 0.150 e. The Morgan fingerprint density at radius 3 is 2.53 bits per heavy atom. The number of ether oxygens (including phenoxy) is 2. The smallest absolute Gasteiger partial charge is 0.150 e. The standard InChI is InChI=1S/C16H17NO2/c1-18-13-7-8-16(15(17)10-13)19-14-6-5-11-3-2-4-12(11)9-14/h5-10H,2-4,17H2,1H3. The van der Waals surface area contributed by atoms with Crippen LogP contribution in [-0.4, -0.2) is 7.11 Å². The number of nitrogens with two attached hydrogens (primary N) is 1. The third-order valence-electron chi connectivity index (χ3n) is 3.51. The average molecular weight is 255 g/mol. The molecule has 1 aliphatic rings. The summed E-state index contributed by atoms with van der Waals surface area (Å²) in [5.41, 5.74) is 9.37. The molecule has 0 amide bonds. The van der Waals surface area contributed by atoms with Gasteiger partial charge in [-0.1, -0.05) is 6.07 Å². The van der Waals surface area contributed by atoms with E-state index >= 15 is 0 Å². The fourth-order valence-electron chi connectivity index (χ4n) is 2.49. The predicted molar refractivity (Wildman–Crippen MR) is 75.9 cm³/mol. The molecule has 2 aromatic carbocycles. The third-order valence-corrected chi connectivity index (χ3v) is 3.51. The molecule has 0 spiro atoms. The van der Waals surface area contributed by atoms with Gasteiger partial charge in [-0.2, -0.15) is 0 Å². The van der Waals surface area contributed by atoms with E-state index in [2.05, 4.69) is 12.1 Å². The second kappa shape index (κ2) is 4.84. The Labute approximate surface area is 113 Å². The van der Waals surface area contributed by atoms with Crippen LogP contribution in [0.15, 0.2) is 36.4 Å². The first kappa shape index (κ1) is 11.9. The second-order valence-corrected chi connectivity index (χ2v) is 4.79. The summed E-state index contributed by atoms with van der Waals surface area (Å²) in [7, 11) is 1.62. The van der Waals surface area contributed by atoms with E-state index in [1.807, 2.05) is 18.2 Å². The van der Waals surface area contributed by atoms with Crippen LogP contribution in [0.4, 0.5) is 5.69 Å². The van der Waals surface area contributed by atoms with E-state index in [1.165, 1.54) is 24.0 Å². The molecule has 0 fully saturated rings. The minimum atomic E-state index is 0.583. The van der Waals surface area contributed by atoms with Gasteiger partial charge in [0.25, 0.3) is 0 Å². The highest BCUT2D eigenvalue weighted by Gasteiger charge is 2.12. The molecule has 0 saturated carbocycles. The lowest BCUT2D eigenvalue weighted by Gasteiger charge is -2.11. The quantitative estimate of drug-likeness (QED) is 0.853.